The summed E-state index contributed by atoms with van der Waals surface area (Å²) in [4.78, 5) is 11.5. The summed E-state index contributed by atoms with van der Waals surface area (Å²) >= 11 is 5.68. The smallest absolute Gasteiger partial charge is 0.262 e. The van der Waals surface area contributed by atoms with Crippen molar-refractivity contribution in [3.63, 3.8) is 0 Å². The first-order valence-electron chi connectivity index (χ1n) is 5.05. The van der Waals surface area contributed by atoms with Crippen molar-refractivity contribution in [3.05, 3.63) is 34.9 Å². The summed E-state index contributed by atoms with van der Waals surface area (Å²) in [6, 6.07) is 6.53. The van der Waals surface area contributed by atoms with E-state index >= 15 is 0 Å². The number of benzene rings is 1. The molecule has 0 N–H and O–H groups in total. The number of hydrogen-bond donors (Lipinski definition) is 0. The fourth-order valence-electron chi connectivity index (χ4n) is 1.45. The molecule has 0 aromatic heterocycles. The van der Waals surface area contributed by atoms with Crippen molar-refractivity contribution in [2.45, 2.75) is 19.3 Å². The van der Waals surface area contributed by atoms with Crippen LogP contribution in [0.3, 0.4) is 0 Å². The third-order valence-corrected chi connectivity index (χ3v) is 3.18. The van der Waals surface area contributed by atoms with Crippen LogP contribution >= 0.6 is 11.6 Å². The second kappa shape index (κ2) is 3.82. The molecule has 1 aliphatic rings. The van der Waals surface area contributed by atoms with Gasteiger partial charge < -0.3 is 0 Å². The lowest BCUT2D eigenvalue weighted by atomic mass is 10.0. The minimum Gasteiger partial charge on any atom is -0.284 e. The highest BCUT2D eigenvalue weighted by molar-refractivity contribution is 6.30. The first kappa shape index (κ1) is 12.1. The summed E-state index contributed by atoms with van der Waals surface area (Å²) in [6.45, 7) is 1.24. The number of ketones is 1. The average molecular weight is 255 g/mol. The van der Waals surface area contributed by atoms with Crippen molar-refractivity contribution >= 4 is 17.4 Å². The van der Waals surface area contributed by atoms with Gasteiger partial charge in [-0.25, -0.2) is 8.78 Å². The molecule has 0 amide bonds. The van der Waals surface area contributed by atoms with Crippen molar-refractivity contribution in [2.24, 2.45) is 5.41 Å². The Kier molecular flexibility index (Phi) is 2.71. The Hall–Kier alpha value is -1.40. The van der Waals surface area contributed by atoms with Gasteiger partial charge in [0, 0.05) is 17.0 Å². The first-order chi connectivity index (χ1) is 7.85. The molecule has 2 rings (SSSR count). The van der Waals surface area contributed by atoms with Crippen LogP contribution in [0.4, 0.5) is 8.78 Å². The van der Waals surface area contributed by atoms with E-state index in [1.807, 2.05) is 0 Å². The molecule has 0 spiro atoms. The zero-order chi connectivity index (χ0) is 12.7. The van der Waals surface area contributed by atoms with Crippen LogP contribution < -0.4 is 0 Å². The minimum absolute atomic E-state index is 0.409. The molecule has 0 radical (unpaired) electrons. The molecule has 0 heterocycles. The quantitative estimate of drug-likeness (QED) is 0.703. The van der Waals surface area contributed by atoms with E-state index in [1.165, 1.54) is 6.92 Å². The van der Waals surface area contributed by atoms with Gasteiger partial charge in [0.25, 0.3) is 5.92 Å². The lowest BCUT2D eigenvalue weighted by Crippen LogP contribution is -2.17. The van der Waals surface area contributed by atoms with E-state index in [1.54, 1.807) is 24.3 Å². The summed E-state index contributed by atoms with van der Waals surface area (Å²) < 4.78 is 25.8. The molecule has 0 saturated heterocycles. The van der Waals surface area contributed by atoms with Crippen LogP contribution in [0.25, 0.3) is 0 Å². The van der Waals surface area contributed by atoms with E-state index < -0.39 is 23.5 Å². The number of rotatable bonds is 1. The van der Waals surface area contributed by atoms with Crippen LogP contribution in [0.15, 0.2) is 24.3 Å². The predicted molar refractivity (Wildman–Crippen MR) is 61.0 cm³/mol. The van der Waals surface area contributed by atoms with E-state index in [4.69, 9.17) is 11.6 Å². The van der Waals surface area contributed by atoms with Crippen LogP contribution in [0.2, 0.25) is 5.02 Å². The molecule has 1 saturated carbocycles. The van der Waals surface area contributed by atoms with Crippen molar-refractivity contribution in [1.29, 1.82) is 0 Å². The zero-order valence-corrected chi connectivity index (χ0v) is 9.81. The molecule has 0 bridgehead atoms. The second-order valence-corrected chi connectivity index (χ2v) is 4.74. The van der Waals surface area contributed by atoms with Crippen LogP contribution in [0, 0.1) is 17.3 Å². The third kappa shape index (κ3) is 2.18. The Morgan fingerprint density at radius 2 is 1.88 bits per heavy atom. The number of alkyl halides is 2. The molecule has 17 heavy (non-hydrogen) atoms. The normalized spacial score (nSPS) is 24.7. The van der Waals surface area contributed by atoms with E-state index in [0.717, 1.165) is 0 Å². The highest BCUT2D eigenvalue weighted by Crippen LogP contribution is 2.60. The fourth-order valence-corrected chi connectivity index (χ4v) is 1.57. The molecule has 0 aliphatic heterocycles. The molecule has 4 heteroatoms. The number of Topliss-reactive ketones (excluding diaryl/α,β-unsaturated/α-hetero) is 1. The maximum atomic E-state index is 12.9. The van der Waals surface area contributed by atoms with Crippen LogP contribution in [0.5, 0.6) is 0 Å². The van der Waals surface area contributed by atoms with E-state index in [9.17, 15) is 13.6 Å². The summed E-state index contributed by atoms with van der Waals surface area (Å²) in [5, 5.41) is 0.558. The molecule has 1 aromatic carbocycles. The van der Waals surface area contributed by atoms with Crippen LogP contribution in [-0.2, 0) is 4.79 Å². The molecular formula is C13H9ClF2O. The van der Waals surface area contributed by atoms with Gasteiger partial charge in [-0.2, -0.15) is 0 Å². The summed E-state index contributed by atoms with van der Waals surface area (Å²) in [5.41, 5.74) is -1.01. The zero-order valence-electron chi connectivity index (χ0n) is 9.06. The first-order valence-corrected chi connectivity index (χ1v) is 5.43. The molecule has 1 aromatic rings. The van der Waals surface area contributed by atoms with Crippen LogP contribution in [0.1, 0.15) is 18.9 Å². The van der Waals surface area contributed by atoms with Gasteiger partial charge in [0.15, 0.2) is 0 Å². The summed E-state index contributed by atoms with van der Waals surface area (Å²) in [6.07, 6.45) is -0.409. The summed E-state index contributed by atoms with van der Waals surface area (Å²) in [7, 11) is 0. The van der Waals surface area contributed by atoms with Gasteiger partial charge in [0.2, 0.25) is 5.78 Å². The highest BCUT2D eigenvalue weighted by Gasteiger charge is 2.72. The number of carbonyl (C=O) groups is 1. The van der Waals surface area contributed by atoms with E-state index in [0.29, 0.717) is 10.6 Å². The van der Waals surface area contributed by atoms with Gasteiger partial charge in [0.05, 0.1) is 0 Å². The fraction of sp³-hybridized carbons (Fsp3) is 0.308. The van der Waals surface area contributed by atoms with Crippen LogP contribution in [-0.4, -0.2) is 11.7 Å². The SMILES string of the molecule is CC1(C(=O)C#Cc2ccc(Cl)cc2)CC1(F)F. The maximum absolute atomic E-state index is 12.9. The van der Waals surface area contributed by atoms with Crippen molar-refractivity contribution in [1.82, 2.24) is 0 Å². The Labute approximate surface area is 103 Å². The Bertz CT molecular complexity index is 525. The Morgan fingerprint density at radius 1 is 1.35 bits per heavy atom. The second-order valence-electron chi connectivity index (χ2n) is 4.30. The highest BCUT2D eigenvalue weighted by atomic mass is 35.5. The molecule has 1 aliphatic carbocycles. The topological polar surface area (TPSA) is 17.1 Å². The number of hydrogen-bond acceptors (Lipinski definition) is 1. The number of halogens is 3. The average Bonchev–Trinajstić information content (AvgIpc) is 2.78. The summed E-state index contributed by atoms with van der Waals surface area (Å²) in [5.74, 6) is 1.21. The van der Waals surface area contributed by atoms with Gasteiger partial charge in [-0.3, -0.25) is 4.79 Å². The van der Waals surface area contributed by atoms with E-state index in [-0.39, 0.29) is 0 Å². The van der Waals surface area contributed by atoms with Crippen molar-refractivity contribution < 1.29 is 13.6 Å². The van der Waals surface area contributed by atoms with Gasteiger partial charge in [-0.1, -0.05) is 17.5 Å². The van der Waals surface area contributed by atoms with Gasteiger partial charge in [-0.05, 0) is 37.1 Å². The molecule has 1 unspecified atom stereocenters. The predicted octanol–water partition coefficient (Wildman–Crippen LogP) is 3.31. The largest absolute Gasteiger partial charge is 0.284 e. The van der Waals surface area contributed by atoms with E-state index in [2.05, 4.69) is 11.8 Å². The van der Waals surface area contributed by atoms with Gasteiger partial charge >= 0.3 is 0 Å². The van der Waals surface area contributed by atoms with Crippen molar-refractivity contribution in [3.8, 4) is 11.8 Å². The van der Waals surface area contributed by atoms with Crippen molar-refractivity contribution in [2.75, 3.05) is 0 Å². The molecule has 1 fully saturated rings. The minimum atomic E-state index is -2.90. The van der Waals surface area contributed by atoms with Gasteiger partial charge in [-0.15, -0.1) is 0 Å². The number of carbonyl (C=O) groups excluding carboxylic acids is 1. The maximum Gasteiger partial charge on any atom is 0.262 e. The lowest BCUT2D eigenvalue weighted by Gasteiger charge is -2.01. The lowest BCUT2D eigenvalue weighted by molar-refractivity contribution is -0.121. The monoisotopic (exact) mass is 254 g/mol. The Morgan fingerprint density at radius 3 is 2.35 bits per heavy atom. The molecule has 88 valence electrons. The van der Waals surface area contributed by atoms with Gasteiger partial charge in [0.1, 0.15) is 5.41 Å². The molecular weight excluding hydrogens is 246 g/mol. The molecule has 1 atom stereocenters. The standard InChI is InChI=1S/C13H9ClF2O/c1-12(8-13(12,15)16)11(17)7-4-9-2-5-10(14)6-3-9/h2-3,5-6H,8H2,1H3. The molecule has 1 nitrogen and oxygen atoms in total. The third-order valence-electron chi connectivity index (χ3n) is 2.92. The Balaban J connectivity index is 2.13.